The Kier molecular flexibility index (Phi) is 7.85. The fourth-order valence-electron chi connectivity index (χ4n) is 2.13. The second kappa shape index (κ2) is 8.35. The fraction of sp³-hybridized carbons (Fsp3) is 0.778. The molecule has 0 N–H and O–H groups in total. The summed E-state index contributed by atoms with van der Waals surface area (Å²) in [5, 5.41) is 0. The Bertz CT molecular complexity index is 358. The number of carbonyl (C=O) groups excluding carboxylic acids is 2. The standard InChI is InChI=1S/C18H32O4/c1-9-21-15(19)13(17(3,4)5)11-12-14(18(6,7)8)16(20)22-10-2/h11-14H,9-10H2,1-8H3/b12-11+/t13-,14+. The quantitative estimate of drug-likeness (QED) is 0.549. The molecule has 0 amide bonds. The summed E-state index contributed by atoms with van der Waals surface area (Å²) in [5.41, 5.74) is -0.556. The molecular weight excluding hydrogens is 280 g/mol. The Hall–Kier alpha value is -1.32. The molecule has 0 bridgehead atoms. The van der Waals surface area contributed by atoms with E-state index in [1.165, 1.54) is 0 Å². The predicted molar refractivity (Wildman–Crippen MR) is 88.3 cm³/mol. The predicted octanol–water partition coefficient (Wildman–Crippen LogP) is 3.99. The zero-order valence-corrected chi connectivity index (χ0v) is 15.4. The molecule has 0 aliphatic rings. The molecule has 0 heterocycles. The first-order valence-corrected chi connectivity index (χ1v) is 7.96. The second-order valence-corrected chi connectivity index (χ2v) is 7.58. The van der Waals surface area contributed by atoms with Crippen molar-refractivity contribution < 1.29 is 19.1 Å². The molecule has 0 aliphatic heterocycles. The average Bonchev–Trinajstić information content (AvgIpc) is 2.31. The van der Waals surface area contributed by atoms with Crippen molar-refractivity contribution in [2.24, 2.45) is 22.7 Å². The number of esters is 2. The van der Waals surface area contributed by atoms with Crippen LogP contribution in [0.3, 0.4) is 0 Å². The van der Waals surface area contributed by atoms with Crippen molar-refractivity contribution in [3.8, 4) is 0 Å². The second-order valence-electron chi connectivity index (χ2n) is 7.58. The third-order valence-corrected chi connectivity index (χ3v) is 3.44. The van der Waals surface area contributed by atoms with Gasteiger partial charge in [-0.15, -0.1) is 0 Å². The Balaban J connectivity index is 5.40. The zero-order valence-electron chi connectivity index (χ0n) is 15.4. The number of carbonyl (C=O) groups is 2. The van der Waals surface area contributed by atoms with E-state index in [2.05, 4.69) is 0 Å². The van der Waals surface area contributed by atoms with Crippen LogP contribution in [0.15, 0.2) is 12.2 Å². The third kappa shape index (κ3) is 6.63. The van der Waals surface area contributed by atoms with E-state index in [1.54, 1.807) is 26.0 Å². The van der Waals surface area contributed by atoms with Gasteiger partial charge in [0.25, 0.3) is 0 Å². The van der Waals surface area contributed by atoms with Crippen molar-refractivity contribution in [3.63, 3.8) is 0 Å². The smallest absolute Gasteiger partial charge is 0.313 e. The van der Waals surface area contributed by atoms with Gasteiger partial charge in [-0.2, -0.15) is 0 Å². The third-order valence-electron chi connectivity index (χ3n) is 3.44. The summed E-state index contributed by atoms with van der Waals surface area (Å²) in [4.78, 5) is 24.3. The van der Waals surface area contributed by atoms with E-state index in [4.69, 9.17) is 9.47 Å². The Morgan fingerprint density at radius 2 is 1.05 bits per heavy atom. The Morgan fingerprint density at radius 1 is 0.773 bits per heavy atom. The molecule has 0 aliphatic carbocycles. The zero-order chi connectivity index (χ0) is 17.6. The van der Waals surface area contributed by atoms with Gasteiger partial charge in [0, 0.05) is 0 Å². The van der Waals surface area contributed by atoms with Crippen LogP contribution in [0.5, 0.6) is 0 Å². The van der Waals surface area contributed by atoms with E-state index < -0.39 is 11.8 Å². The summed E-state index contributed by atoms with van der Waals surface area (Å²) in [7, 11) is 0. The molecule has 0 aromatic carbocycles. The topological polar surface area (TPSA) is 52.6 Å². The van der Waals surface area contributed by atoms with Gasteiger partial charge in [0.2, 0.25) is 0 Å². The molecule has 0 radical (unpaired) electrons. The number of rotatable bonds is 6. The van der Waals surface area contributed by atoms with Crippen LogP contribution < -0.4 is 0 Å². The molecule has 0 spiro atoms. The van der Waals surface area contributed by atoms with Crippen LogP contribution in [0, 0.1) is 22.7 Å². The minimum atomic E-state index is -0.397. The summed E-state index contributed by atoms with van der Waals surface area (Å²) in [6, 6.07) is 0. The minimum Gasteiger partial charge on any atom is -0.466 e. The number of hydrogen-bond acceptors (Lipinski definition) is 4. The Labute approximate surface area is 135 Å². The summed E-state index contributed by atoms with van der Waals surface area (Å²) in [6.45, 7) is 16.2. The molecule has 0 fully saturated rings. The monoisotopic (exact) mass is 312 g/mol. The lowest BCUT2D eigenvalue weighted by Crippen LogP contribution is -2.31. The van der Waals surface area contributed by atoms with Gasteiger partial charge in [-0.3, -0.25) is 9.59 Å². The van der Waals surface area contributed by atoms with Crippen molar-refractivity contribution in [1.29, 1.82) is 0 Å². The maximum atomic E-state index is 12.2. The maximum absolute atomic E-state index is 12.2. The SMILES string of the molecule is CCOC(=O)[C@@H](/C=C/[C@@H](C(=O)OCC)C(C)(C)C)C(C)(C)C. The lowest BCUT2D eigenvalue weighted by Gasteiger charge is -2.29. The van der Waals surface area contributed by atoms with Crippen LogP contribution in [-0.2, 0) is 19.1 Å². The lowest BCUT2D eigenvalue weighted by atomic mass is 9.76. The van der Waals surface area contributed by atoms with Gasteiger partial charge in [0.1, 0.15) is 0 Å². The van der Waals surface area contributed by atoms with Gasteiger partial charge in [-0.25, -0.2) is 0 Å². The molecule has 2 atom stereocenters. The fourth-order valence-corrected chi connectivity index (χ4v) is 2.13. The summed E-state index contributed by atoms with van der Waals surface area (Å²) >= 11 is 0. The van der Waals surface area contributed by atoms with Gasteiger partial charge in [-0.05, 0) is 24.7 Å². The van der Waals surface area contributed by atoms with Crippen LogP contribution in [-0.4, -0.2) is 25.2 Å². The van der Waals surface area contributed by atoms with Crippen LogP contribution in [0.25, 0.3) is 0 Å². The van der Waals surface area contributed by atoms with Crippen molar-refractivity contribution in [1.82, 2.24) is 0 Å². The normalized spacial score (nSPS) is 15.5. The molecule has 0 unspecified atom stereocenters. The maximum Gasteiger partial charge on any atom is 0.313 e. The van der Waals surface area contributed by atoms with Gasteiger partial charge >= 0.3 is 11.9 Å². The molecule has 0 rings (SSSR count). The lowest BCUT2D eigenvalue weighted by molar-refractivity contribution is -0.151. The molecule has 0 aromatic heterocycles. The van der Waals surface area contributed by atoms with Crippen molar-refractivity contribution in [2.75, 3.05) is 13.2 Å². The minimum absolute atomic E-state index is 0.261. The van der Waals surface area contributed by atoms with Crippen LogP contribution in [0.2, 0.25) is 0 Å². The van der Waals surface area contributed by atoms with Crippen molar-refractivity contribution in [2.45, 2.75) is 55.4 Å². The van der Waals surface area contributed by atoms with E-state index in [0.29, 0.717) is 13.2 Å². The van der Waals surface area contributed by atoms with Gasteiger partial charge in [0.05, 0.1) is 25.0 Å². The van der Waals surface area contributed by atoms with E-state index in [9.17, 15) is 9.59 Å². The van der Waals surface area contributed by atoms with Crippen LogP contribution >= 0.6 is 0 Å². The van der Waals surface area contributed by atoms with Gasteiger partial charge in [0.15, 0.2) is 0 Å². The summed E-state index contributed by atoms with van der Waals surface area (Å²) in [5.74, 6) is -1.32. The molecule has 4 nitrogen and oxygen atoms in total. The molecule has 0 aromatic rings. The molecule has 22 heavy (non-hydrogen) atoms. The Morgan fingerprint density at radius 3 is 1.23 bits per heavy atom. The first-order chi connectivity index (χ1) is 9.95. The summed E-state index contributed by atoms with van der Waals surface area (Å²) < 4.78 is 10.3. The van der Waals surface area contributed by atoms with E-state index in [1.807, 2.05) is 41.5 Å². The highest BCUT2D eigenvalue weighted by molar-refractivity contribution is 5.77. The van der Waals surface area contributed by atoms with Crippen molar-refractivity contribution in [3.05, 3.63) is 12.2 Å². The molecule has 4 heteroatoms. The average molecular weight is 312 g/mol. The highest BCUT2D eigenvalue weighted by Gasteiger charge is 2.34. The van der Waals surface area contributed by atoms with Gasteiger partial charge < -0.3 is 9.47 Å². The van der Waals surface area contributed by atoms with E-state index >= 15 is 0 Å². The van der Waals surface area contributed by atoms with Crippen LogP contribution in [0.4, 0.5) is 0 Å². The molecule has 0 saturated carbocycles. The first kappa shape index (κ1) is 20.7. The highest BCUT2D eigenvalue weighted by atomic mass is 16.5. The number of hydrogen-bond donors (Lipinski definition) is 0. The highest BCUT2D eigenvalue weighted by Crippen LogP contribution is 2.32. The summed E-state index contributed by atoms with van der Waals surface area (Å²) in [6.07, 6.45) is 3.59. The van der Waals surface area contributed by atoms with Gasteiger partial charge in [-0.1, -0.05) is 53.7 Å². The molecule has 0 saturated heterocycles. The number of ether oxygens (including phenoxy) is 2. The van der Waals surface area contributed by atoms with Crippen molar-refractivity contribution >= 4 is 11.9 Å². The van der Waals surface area contributed by atoms with E-state index in [-0.39, 0.29) is 22.8 Å². The van der Waals surface area contributed by atoms with E-state index in [0.717, 1.165) is 0 Å². The first-order valence-electron chi connectivity index (χ1n) is 7.96. The molecule has 128 valence electrons. The van der Waals surface area contributed by atoms with Crippen LogP contribution in [0.1, 0.15) is 55.4 Å². The largest absolute Gasteiger partial charge is 0.466 e. The molecular formula is C18H32O4.